The Kier molecular flexibility index (Phi) is 5.60. The van der Waals surface area contributed by atoms with Gasteiger partial charge in [-0.2, -0.15) is 8.78 Å². The fourth-order valence-electron chi connectivity index (χ4n) is 1.55. The zero-order valence-corrected chi connectivity index (χ0v) is 10.7. The summed E-state index contributed by atoms with van der Waals surface area (Å²) in [6.07, 6.45) is -1.06. The Labute approximate surface area is 110 Å². The van der Waals surface area contributed by atoms with E-state index in [1.807, 2.05) is 6.07 Å². The molecule has 0 spiro atoms. The molecule has 0 saturated heterocycles. The fourth-order valence-corrected chi connectivity index (χ4v) is 1.55. The minimum Gasteiger partial charge on any atom is -0.462 e. The Morgan fingerprint density at radius 2 is 1.84 bits per heavy atom. The monoisotopic (exact) mass is 270 g/mol. The molecule has 1 rings (SSSR count). The van der Waals surface area contributed by atoms with Gasteiger partial charge in [0.2, 0.25) is 0 Å². The van der Waals surface area contributed by atoms with Gasteiger partial charge in [-0.15, -0.1) is 0 Å². The number of halogens is 2. The van der Waals surface area contributed by atoms with E-state index in [-0.39, 0.29) is 25.2 Å². The molecule has 0 saturated carbocycles. The summed E-state index contributed by atoms with van der Waals surface area (Å²) in [4.78, 5) is 22.5. The highest BCUT2D eigenvalue weighted by Crippen LogP contribution is 2.22. The largest absolute Gasteiger partial charge is 0.462 e. The van der Waals surface area contributed by atoms with Crippen LogP contribution in [0.3, 0.4) is 0 Å². The summed E-state index contributed by atoms with van der Waals surface area (Å²) >= 11 is 0. The van der Waals surface area contributed by atoms with Crippen LogP contribution < -0.4 is 0 Å². The van der Waals surface area contributed by atoms with Gasteiger partial charge in [-0.1, -0.05) is 30.3 Å². The highest BCUT2D eigenvalue weighted by molar-refractivity contribution is 5.83. The van der Waals surface area contributed by atoms with Gasteiger partial charge in [-0.25, -0.2) is 4.79 Å². The number of carbonyl (C=O) groups excluding carboxylic acids is 2. The molecule has 0 unspecified atom stereocenters. The van der Waals surface area contributed by atoms with Crippen LogP contribution >= 0.6 is 0 Å². The molecule has 19 heavy (non-hydrogen) atoms. The fraction of sp³-hybridized carbons (Fsp3) is 0.429. The van der Waals surface area contributed by atoms with Crippen LogP contribution in [-0.2, 0) is 20.7 Å². The summed E-state index contributed by atoms with van der Waals surface area (Å²) in [5.41, 5.74) is 0.770. The second kappa shape index (κ2) is 6.97. The molecule has 0 atom stereocenters. The summed E-state index contributed by atoms with van der Waals surface area (Å²) in [6.45, 7) is 1.35. The van der Waals surface area contributed by atoms with E-state index in [0.29, 0.717) is 0 Å². The van der Waals surface area contributed by atoms with Gasteiger partial charge in [-0.3, -0.25) is 4.79 Å². The second-order valence-electron chi connectivity index (χ2n) is 4.13. The van der Waals surface area contributed by atoms with E-state index in [0.717, 1.165) is 5.56 Å². The van der Waals surface area contributed by atoms with Crippen molar-refractivity contribution in [2.75, 3.05) is 6.61 Å². The number of benzene rings is 1. The van der Waals surface area contributed by atoms with Crippen LogP contribution in [0.25, 0.3) is 0 Å². The standard InChI is InChI=1S/C14H16F2O3/c1-2-19-13(18)14(15,16)9-8-12(17)10-11-6-4-3-5-7-11/h3-7H,2,8-10H2,1H3. The first-order valence-electron chi connectivity index (χ1n) is 6.06. The van der Waals surface area contributed by atoms with Crippen molar-refractivity contribution in [1.82, 2.24) is 0 Å². The first-order chi connectivity index (χ1) is 8.95. The molecule has 0 aliphatic carbocycles. The molecule has 1 aromatic rings. The Bertz CT molecular complexity index is 430. The van der Waals surface area contributed by atoms with E-state index < -0.39 is 18.3 Å². The predicted molar refractivity (Wildman–Crippen MR) is 66.0 cm³/mol. The molecule has 0 heterocycles. The molecular weight excluding hydrogens is 254 g/mol. The van der Waals surface area contributed by atoms with E-state index in [2.05, 4.69) is 4.74 Å². The molecule has 0 N–H and O–H groups in total. The third-order valence-electron chi connectivity index (χ3n) is 2.54. The number of carbonyl (C=O) groups is 2. The first-order valence-corrected chi connectivity index (χ1v) is 6.06. The molecule has 0 radical (unpaired) electrons. The number of hydrogen-bond acceptors (Lipinski definition) is 3. The van der Waals surface area contributed by atoms with Crippen LogP contribution in [0.5, 0.6) is 0 Å². The molecule has 0 bridgehead atoms. The number of esters is 1. The van der Waals surface area contributed by atoms with Gasteiger partial charge in [0, 0.05) is 19.3 Å². The average Bonchev–Trinajstić information content (AvgIpc) is 2.38. The SMILES string of the molecule is CCOC(=O)C(F)(F)CCC(=O)Cc1ccccc1. The van der Waals surface area contributed by atoms with Gasteiger partial charge < -0.3 is 4.74 Å². The van der Waals surface area contributed by atoms with Crippen molar-refractivity contribution in [2.24, 2.45) is 0 Å². The van der Waals surface area contributed by atoms with E-state index in [4.69, 9.17) is 0 Å². The van der Waals surface area contributed by atoms with Crippen molar-refractivity contribution in [3.63, 3.8) is 0 Å². The third-order valence-corrected chi connectivity index (χ3v) is 2.54. The van der Waals surface area contributed by atoms with Crippen molar-refractivity contribution in [3.8, 4) is 0 Å². The van der Waals surface area contributed by atoms with Crippen LogP contribution in [0, 0.1) is 0 Å². The number of Topliss-reactive ketones (excluding diaryl/α,β-unsaturated/α-hetero) is 1. The third kappa shape index (κ3) is 5.16. The summed E-state index contributed by atoms with van der Waals surface area (Å²) in [5.74, 6) is -5.49. The van der Waals surface area contributed by atoms with Crippen molar-refractivity contribution >= 4 is 11.8 Å². The minimum absolute atomic E-state index is 0.0970. The van der Waals surface area contributed by atoms with Crippen molar-refractivity contribution in [2.45, 2.75) is 32.1 Å². The van der Waals surface area contributed by atoms with Gasteiger partial charge in [0.05, 0.1) is 6.61 Å². The highest BCUT2D eigenvalue weighted by Gasteiger charge is 2.40. The zero-order chi connectivity index (χ0) is 14.3. The maximum atomic E-state index is 13.3. The van der Waals surface area contributed by atoms with Gasteiger partial charge in [-0.05, 0) is 12.5 Å². The molecule has 0 amide bonds. The average molecular weight is 270 g/mol. The van der Waals surface area contributed by atoms with Crippen molar-refractivity contribution in [1.29, 1.82) is 0 Å². The summed E-state index contributed by atoms with van der Waals surface area (Å²) < 4.78 is 30.8. The zero-order valence-electron chi connectivity index (χ0n) is 10.7. The number of alkyl halides is 2. The lowest BCUT2D eigenvalue weighted by molar-refractivity contribution is -0.172. The molecule has 0 fully saturated rings. The van der Waals surface area contributed by atoms with Crippen LogP contribution in [-0.4, -0.2) is 24.3 Å². The smallest absolute Gasteiger partial charge is 0.376 e. The maximum Gasteiger partial charge on any atom is 0.376 e. The summed E-state index contributed by atoms with van der Waals surface area (Å²) in [6, 6.07) is 8.86. The van der Waals surface area contributed by atoms with Crippen molar-refractivity contribution < 1.29 is 23.1 Å². The topological polar surface area (TPSA) is 43.4 Å². The quantitative estimate of drug-likeness (QED) is 0.715. The second-order valence-corrected chi connectivity index (χ2v) is 4.13. The Hall–Kier alpha value is -1.78. The number of rotatable bonds is 7. The van der Waals surface area contributed by atoms with Crippen LogP contribution in [0.15, 0.2) is 30.3 Å². The number of ether oxygens (including phenoxy) is 1. The van der Waals surface area contributed by atoms with Crippen LogP contribution in [0.2, 0.25) is 0 Å². The Balaban J connectivity index is 2.44. The summed E-state index contributed by atoms with van der Waals surface area (Å²) in [5, 5.41) is 0. The molecule has 0 aliphatic rings. The van der Waals surface area contributed by atoms with Crippen LogP contribution in [0.1, 0.15) is 25.3 Å². The molecule has 0 aromatic heterocycles. The van der Waals surface area contributed by atoms with E-state index in [1.165, 1.54) is 6.92 Å². The summed E-state index contributed by atoms with van der Waals surface area (Å²) in [7, 11) is 0. The van der Waals surface area contributed by atoms with E-state index in [1.54, 1.807) is 24.3 Å². The predicted octanol–water partition coefficient (Wildman–Crippen LogP) is 2.78. The van der Waals surface area contributed by atoms with Gasteiger partial charge in [0.1, 0.15) is 5.78 Å². The van der Waals surface area contributed by atoms with Gasteiger partial charge in [0.15, 0.2) is 0 Å². The molecule has 104 valence electrons. The Morgan fingerprint density at radius 1 is 1.21 bits per heavy atom. The highest BCUT2D eigenvalue weighted by atomic mass is 19.3. The lowest BCUT2D eigenvalue weighted by atomic mass is 10.0. The van der Waals surface area contributed by atoms with Gasteiger partial charge in [0.25, 0.3) is 0 Å². The number of ketones is 1. The molecule has 5 heteroatoms. The van der Waals surface area contributed by atoms with E-state index >= 15 is 0 Å². The molecule has 1 aromatic carbocycles. The van der Waals surface area contributed by atoms with E-state index in [9.17, 15) is 18.4 Å². The number of hydrogen-bond donors (Lipinski definition) is 0. The van der Waals surface area contributed by atoms with Crippen molar-refractivity contribution in [3.05, 3.63) is 35.9 Å². The maximum absolute atomic E-state index is 13.3. The Morgan fingerprint density at radius 3 is 2.42 bits per heavy atom. The lowest BCUT2D eigenvalue weighted by Crippen LogP contribution is -2.31. The molecular formula is C14H16F2O3. The minimum atomic E-state index is -3.59. The van der Waals surface area contributed by atoms with Crippen LogP contribution in [0.4, 0.5) is 8.78 Å². The molecule has 0 aliphatic heterocycles. The lowest BCUT2D eigenvalue weighted by Gasteiger charge is -2.13. The molecule has 3 nitrogen and oxygen atoms in total. The first kappa shape index (κ1) is 15.3. The normalized spacial score (nSPS) is 11.1. The van der Waals surface area contributed by atoms with Gasteiger partial charge >= 0.3 is 11.9 Å².